The van der Waals surface area contributed by atoms with Crippen LogP contribution in [0.2, 0.25) is 0 Å². The van der Waals surface area contributed by atoms with Gasteiger partial charge < -0.3 is 9.88 Å². The van der Waals surface area contributed by atoms with Crippen LogP contribution < -0.4 is 4.72 Å². The summed E-state index contributed by atoms with van der Waals surface area (Å²) in [6.07, 6.45) is 6.81. The van der Waals surface area contributed by atoms with Crippen LogP contribution >= 0.6 is 0 Å². The highest BCUT2D eigenvalue weighted by atomic mass is 32.2. The Morgan fingerprint density at radius 3 is 2.72 bits per heavy atom. The number of aromatic amines is 1. The van der Waals surface area contributed by atoms with Crippen molar-refractivity contribution in [3.05, 3.63) is 59.9 Å². The van der Waals surface area contributed by atoms with Gasteiger partial charge in [-0.25, -0.2) is 13.4 Å². The molecule has 0 bridgehead atoms. The number of nitrogens with zero attached hydrogens (tertiary/aromatic N) is 2. The highest BCUT2D eigenvalue weighted by Gasteiger charge is 2.32. The molecule has 148 valence electrons. The van der Waals surface area contributed by atoms with Crippen LogP contribution in [-0.2, 0) is 10.0 Å². The molecule has 2 N–H and O–H groups in total. The van der Waals surface area contributed by atoms with Crippen LogP contribution in [0, 0.1) is 12.3 Å². The molecule has 3 aromatic rings. The number of H-pyrrole nitrogens is 1. The summed E-state index contributed by atoms with van der Waals surface area (Å²) in [5.74, 6) is 2.86. The van der Waals surface area contributed by atoms with Gasteiger partial charge in [0, 0.05) is 12.1 Å². The molecule has 4 rings (SSSR count). The Balaban J connectivity index is 1.56. The van der Waals surface area contributed by atoms with E-state index in [0.717, 1.165) is 29.7 Å². The first-order chi connectivity index (χ1) is 14.0. The molecule has 0 spiro atoms. The smallest absolute Gasteiger partial charge is 0.254 e. The van der Waals surface area contributed by atoms with E-state index in [0.29, 0.717) is 12.1 Å². The van der Waals surface area contributed by atoms with Gasteiger partial charge in [-0.3, -0.25) is 4.79 Å². The van der Waals surface area contributed by atoms with E-state index in [1.54, 1.807) is 4.90 Å². The van der Waals surface area contributed by atoms with E-state index >= 15 is 0 Å². The molecule has 1 fully saturated rings. The number of likely N-dealkylation sites (tertiary alicyclic amines) is 1. The molecule has 0 saturated carbocycles. The molecular weight excluding hydrogens is 388 g/mol. The number of nitrogens with one attached hydrogen (secondary N) is 2. The van der Waals surface area contributed by atoms with Gasteiger partial charge in [-0.2, -0.15) is 4.72 Å². The normalized spacial score (nSPS) is 16.8. The number of sulfonamides is 1. The van der Waals surface area contributed by atoms with Gasteiger partial charge in [0.1, 0.15) is 5.82 Å². The molecule has 1 aromatic heterocycles. The molecule has 8 heteroatoms. The van der Waals surface area contributed by atoms with Crippen molar-refractivity contribution in [1.29, 1.82) is 0 Å². The van der Waals surface area contributed by atoms with Crippen LogP contribution in [0.5, 0.6) is 0 Å². The van der Waals surface area contributed by atoms with Gasteiger partial charge in [0.05, 0.1) is 28.5 Å². The van der Waals surface area contributed by atoms with Crippen LogP contribution in [-0.4, -0.2) is 42.3 Å². The molecule has 1 saturated heterocycles. The second-order valence-corrected chi connectivity index (χ2v) is 8.62. The van der Waals surface area contributed by atoms with E-state index in [2.05, 4.69) is 20.6 Å². The standard InChI is InChI=1S/C21H20N4O3S/c1-2-13-22-29(27,28)16-11-9-15(10-12-16)21(26)25-14-5-8-19(25)20-23-17-6-3-4-7-18(17)24-20/h1,3-4,6-7,9-12,19,22H,5,8,13-14H2,(H,23,24). The molecule has 1 amide bonds. The highest BCUT2D eigenvalue weighted by molar-refractivity contribution is 7.89. The van der Waals surface area contributed by atoms with Gasteiger partial charge in [-0.15, -0.1) is 6.42 Å². The van der Waals surface area contributed by atoms with Crippen molar-refractivity contribution in [3.8, 4) is 12.3 Å². The topological polar surface area (TPSA) is 95.2 Å². The molecule has 1 aliphatic heterocycles. The molecule has 1 aliphatic rings. The van der Waals surface area contributed by atoms with Crippen molar-refractivity contribution in [2.45, 2.75) is 23.8 Å². The summed E-state index contributed by atoms with van der Waals surface area (Å²) in [6.45, 7) is 0.542. The summed E-state index contributed by atoms with van der Waals surface area (Å²) >= 11 is 0. The van der Waals surface area contributed by atoms with Crippen molar-refractivity contribution < 1.29 is 13.2 Å². The van der Waals surface area contributed by atoms with Gasteiger partial charge in [0.25, 0.3) is 5.91 Å². The molecule has 2 heterocycles. The predicted octanol–water partition coefficient (Wildman–Crippen LogP) is 2.45. The fraction of sp³-hybridized carbons (Fsp3) is 0.238. The first-order valence-electron chi connectivity index (χ1n) is 9.28. The van der Waals surface area contributed by atoms with Gasteiger partial charge in [0.15, 0.2) is 0 Å². The Morgan fingerprint density at radius 2 is 2.00 bits per heavy atom. The number of imidazole rings is 1. The summed E-state index contributed by atoms with van der Waals surface area (Å²) in [5, 5.41) is 0. The van der Waals surface area contributed by atoms with Crippen LogP contribution in [0.25, 0.3) is 11.0 Å². The van der Waals surface area contributed by atoms with Crippen molar-refractivity contribution in [2.24, 2.45) is 0 Å². The largest absolute Gasteiger partial charge is 0.340 e. The highest BCUT2D eigenvalue weighted by Crippen LogP contribution is 2.32. The molecule has 7 nitrogen and oxygen atoms in total. The zero-order valence-corrected chi connectivity index (χ0v) is 16.4. The second kappa shape index (κ2) is 7.70. The number of hydrogen-bond donors (Lipinski definition) is 2. The lowest BCUT2D eigenvalue weighted by Gasteiger charge is -2.23. The number of hydrogen-bond acceptors (Lipinski definition) is 4. The maximum Gasteiger partial charge on any atom is 0.254 e. The molecule has 0 radical (unpaired) electrons. The van der Waals surface area contributed by atoms with E-state index in [9.17, 15) is 13.2 Å². The number of benzene rings is 2. The predicted molar refractivity (Wildman–Crippen MR) is 110 cm³/mol. The zero-order chi connectivity index (χ0) is 20.4. The van der Waals surface area contributed by atoms with E-state index in [4.69, 9.17) is 6.42 Å². The summed E-state index contributed by atoms with van der Waals surface area (Å²) in [5.41, 5.74) is 2.25. The zero-order valence-electron chi connectivity index (χ0n) is 15.6. The minimum absolute atomic E-state index is 0.0690. The average molecular weight is 408 g/mol. The van der Waals surface area contributed by atoms with Crippen molar-refractivity contribution in [3.63, 3.8) is 0 Å². The van der Waals surface area contributed by atoms with E-state index in [-0.39, 0.29) is 23.4 Å². The number of carbonyl (C=O) groups is 1. The number of aromatic nitrogens is 2. The van der Waals surface area contributed by atoms with Crippen molar-refractivity contribution in [2.75, 3.05) is 13.1 Å². The van der Waals surface area contributed by atoms with Gasteiger partial charge in [-0.05, 0) is 49.2 Å². The van der Waals surface area contributed by atoms with Crippen molar-refractivity contribution in [1.82, 2.24) is 19.6 Å². The molecule has 2 aromatic carbocycles. The van der Waals surface area contributed by atoms with Gasteiger partial charge in [-0.1, -0.05) is 18.1 Å². The first-order valence-corrected chi connectivity index (χ1v) is 10.8. The van der Waals surface area contributed by atoms with Crippen LogP contribution in [0.3, 0.4) is 0 Å². The number of rotatable bonds is 5. The maximum atomic E-state index is 13.1. The summed E-state index contributed by atoms with van der Waals surface area (Å²) < 4.78 is 26.6. The molecule has 1 atom stereocenters. The third kappa shape index (κ3) is 3.75. The lowest BCUT2D eigenvalue weighted by atomic mass is 10.1. The van der Waals surface area contributed by atoms with E-state index in [1.165, 1.54) is 24.3 Å². The summed E-state index contributed by atoms with van der Waals surface area (Å²) in [4.78, 5) is 22.9. The fourth-order valence-corrected chi connectivity index (χ4v) is 4.52. The number of fused-ring (bicyclic) bond motifs is 1. The Kier molecular flexibility index (Phi) is 5.09. The summed E-state index contributed by atoms with van der Waals surface area (Å²) in [6, 6.07) is 13.5. The third-order valence-electron chi connectivity index (χ3n) is 5.01. The lowest BCUT2D eigenvalue weighted by molar-refractivity contribution is 0.0730. The quantitative estimate of drug-likeness (QED) is 0.634. The fourth-order valence-electron chi connectivity index (χ4n) is 3.59. The average Bonchev–Trinajstić information content (AvgIpc) is 3.38. The van der Waals surface area contributed by atoms with Crippen molar-refractivity contribution >= 4 is 27.0 Å². The second-order valence-electron chi connectivity index (χ2n) is 6.85. The van der Waals surface area contributed by atoms with E-state index in [1.807, 2.05) is 24.3 Å². The van der Waals surface area contributed by atoms with Crippen LogP contribution in [0.15, 0.2) is 53.4 Å². The number of para-hydroxylation sites is 2. The Morgan fingerprint density at radius 1 is 1.24 bits per heavy atom. The minimum Gasteiger partial charge on any atom is -0.340 e. The SMILES string of the molecule is C#CCNS(=O)(=O)c1ccc(C(=O)N2CCCC2c2nc3ccccc3[nH]2)cc1. The van der Waals surface area contributed by atoms with Crippen LogP contribution in [0.1, 0.15) is 35.1 Å². The molecular formula is C21H20N4O3S. The number of terminal acetylenes is 1. The minimum atomic E-state index is -3.68. The third-order valence-corrected chi connectivity index (χ3v) is 6.43. The summed E-state index contributed by atoms with van der Waals surface area (Å²) in [7, 11) is -3.68. The monoisotopic (exact) mass is 408 g/mol. The molecule has 1 unspecified atom stereocenters. The number of carbonyl (C=O) groups excluding carboxylic acids is 1. The molecule has 0 aliphatic carbocycles. The van der Waals surface area contributed by atoms with Gasteiger partial charge in [0.2, 0.25) is 10.0 Å². The number of amides is 1. The Labute approximate surface area is 169 Å². The van der Waals surface area contributed by atoms with E-state index < -0.39 is 10.0 Å². The lowest BCUT2D eigenvalue weighted by Crippen LogP contribution is -2.31. The maximum absolute atomic E-state index is 13.1. The van der Waals surface area contributed by atoms with Gasteiger partial charge >= 0.3 is 0 Å². The Hall–Kier alpha value is -3.15. The Bertz CT molecular complexity index is 1160. The first kappa shape index (κ1) is 19.2. The van der Waals surface area contributed by atoms with Crippen LogP contribution in [0.4, 0.5) is 0 Å². The molecule has 29 heavy (non-hydrogen) atoms.